The molecule has 0 bridgehead atoms. The number of nitrogens with two attached hydrogens (primary N) is 1. The van der Waals surface area contributed by atoms with Crippen molar-refractivity contribution >= 4 is 11.6 Å². The van der Waals surface area contributed by atoms with Crippen LogP contribution in [0.4, 0.5) is 0 Å². The zero-order valence-corrected chi connectivity index (χ0v) is 6.25. The fourth-order valence-corrected chi connectivity index (χ4v) is 1.03. The predicted octanol–water partition coefficient (Wildman–Crippen LogP) is 0.426. The molecular weight excluding hydrogens is 138 g/mol. The minimum absolute atomic E-state index is 0. The second-order valence-electron chi connectivity index (χ2n) is 2.28. The average Bonchev–Trinajstić information content (AvgIpc) is 1.65. The van der Waals surface area contributed by atoms with E-state index in [-0.39, 0.29) is 6.15 Å². The van der Waals surface area contributed by atoms with Crippen LogP contribution in [-0.4, -0.2) is 18.1 Å². The van der Waals surface area contributed by atoms with Gasteiger partial charge in [-0.05, 0) is 25.9 Å². The van der Waals surface area contributed by atoms with Crippen LogP contribution in [0, 0.1) is 0 Å². The molecule has 1 aliphatic heterocycles. The monoisotopic (exact) mass is 151 g/mol. The molecule has 56 valence electrons. The molecule has 0 aromatic heterocycles. The molecule has 3 nitrogen and oxygen atoms in total. The first-order valence-corrected chi connectivity index (χ1v) is 3.27. The lowest BCUT2D eigenvalue weighted by Crippen LogP contribution is -2.44. The molecule has 0 atom stereocenters. The number of halogens is 1. The van der Waals surface area contributed by atoms with Gasteiger partial charge < -0.3 is 17.2 Å². The molecule has 0 unspecified atom stereocenters. The van der Waals surface area contributed by atoms with Gasteiger partial charge in [0.25, 0.3) is 0 Å². The van der Waals surface area contributed by atoms with Gasteiger partial charge in [-0.15, -0.1) is 11.6 Å². The van der Waals surface area contributed by atoms with Gasteiger partial charge in [0.1, 0.15) is 0 Å². The minimum atomic E-state index is -0.411. The Labute approximate surface area is 60.5 Å². The third-order valence-corrected chi connectivity index (χ3v) is 1.81. The highest BCUT2D eigenvalue weighted by atomic mass is 35.5. The minimum Gasteiger partial charge on any atom is -0.344 e. The molecule has 0 saturated carbocycles. The Morgan fingerprint density at radius 2 is 1.78 bits per heavy atom. The summed E-state index contributed by atoms with van der Waals surface area (Å²) in [5, 5.41) is 3.18. The number of rotatable bonds is 0. The third-order valence-electron chi connectivity index (χ3n) is 1.43. The van der Waals surface area contributed by atoms with Crippen LogP contribution in [0.1, 0.15) is 12.8 Å². The lowest BCUT2D eigenvalue weighted by atomic mass is 10.1. The van der Waals surface area contributed by atoms with Crippen molar-refractivity contribution in [2.75, 3.05) is 13.1 Å². The van der Waals surface area contributed by atoms with Crippen LogP contribution in [0.15, 0.2) is 0 Å². The van der Waals surface area contributed by atoms with Gasteiger partial charge in [0.2, 0.25) is 0 Å². The van der Waals surface area contributed by atoms with Crippen LogP contribution in [0.3, 0.4) is 0 Å². The van der Waals surface area contributed by atoms with Crippen LogP contribution in [-0.2, 0) is 0 Å². The van der Waals surface area contributed by atoms with Gasteiger partial charge in [0.05, 0.1) is 5.00 Å². The highest BCUT2D eigenvalue weighted by molar-refractivity contribution is 6.23. The lowest BCUT2D eigenvalue weighted by Gasteiger charge is -2.26. The van der Waals surface area contributed by atoms with Gasteiger partial charge >= 0.3 is 0 Å². The van der Waals surface area contributed by atoms with E-state index in [1.807, 2.05) is 0 Å². The van der Waals surface area contributed by atoms with Crippen molar-refractivity contribution in [2.45, 2.75) is 17.8 Å². The second kappa shape index (κ2) is 3.37. The summed E-state index contributed by atoms with van der Waals surface area (Å²) < 4.78 is 0. The van der Waals surface area contributed by atoms with Crippen molar-refractivity contribution in [3.05, 3.63) is 0 Å². The summed E-state index contributed by atoms with van der Waals surface area (Å²) in [7, 11) is 0. The van der Waals surface area contributed by atoms with E-state index >= 15 is 0 Å². The maximum absolute atomic E-state index is 5.81. The Bertz CT molecular complexity index is 76.3. The molecule has 0 radical (unpaired) electrons. The maximum Gasteiger partial charge on any atom is 0.0935 e. The van der Waals surface area contributed by atoms with Gasteiger partial charge in [0.15, 0.2) is 0 Å². The first-order chi connectivity index (χ1) is 3.71. The van der Waals surface area contributed by atoms with E-state index in [0.29, 0.717) is 0 Å². The maximum atomic E-state index is 5.81. The molecule has 0 aromatic rings. The van der Waals surface area contributed by atoms with E-state index in [0.717, 1.165) is 25.9 Å². The SMILES string of the molecule is N.NC1(Cl)CCNCC1. The molecule has 1 rings (SSSR count). The fraction of sp³-hybridized carbons (Fsp3) is 1.00. The number of nitrogens with one attached hydrogen (secondary N) is 1. The molecule has 6 N–H and O–H groups in total. The average molecular weight is 152 g/mol. The largest absolute Gasteiger partial charge is 0.344 e. The molecule has 9 heavy (non-hydrogen) atoms. The van der Waals surface area contributed by atoms with Crippen LogP contribution in [0.25, 0.3) is 0 Å². The Balaban J connectivity index is 0.000000640. The lowest BCUT2D eigenvalue weighted by molar-refractivity contribution is 0.416. The molecule has 1 aliphatic rings. The fourth-order valence-electron chi connectivity index (χ4n) is 0.842. The van der Waals surface area contributed by atoms with E-state index in [1.165, 1.54) is 0 Å². The van der Waals surface area contributed by atoms with E-state index < -0.39 is 5.00 Å². The Morgan fingerprint density at radius 1 is 1.33 bits per heavy atom. The Morgan fingerprint density at radius 3 is 2.00 bits per heavy atom. The second-order valence-corrected chi connectivity index (χ2v) is 3.04. The highest BCUT2D eigenvalue weighted by Gasteiger charge is 2.23. The van der Waals surface area contributed by atoms with Crippen molar-refractivity contribution in [3.63, 3.8) is 0 Å². The zero-order chi connectivity index (χ0) is 6.04. The summed E-state index contributed by atoms with van der Waals surface area (Å²) in [5.41, 5.74) is 5.60. The standard InChI is InChI=1S/C5H11ClN2.H3N/c6-5(7)1-3-8-4-2-5;/h8H,1-4,7H2;1H3. The first kappa shape index (κ1) is 9.17. The number of hydrogen-bond donors (Lipinski definition) is 3. The quantitative estimate of drug-likeness (QED) is 0.347. The van der Waals surface area contributed by atoms with E-state index in [9.17, 15) is 0 Å². The van der Waals surface area contributed by atoms with E-state index in [1.54, 1.807) is 0 Å². The number of piperidine rings is 1. The van der Waals surface area contributed by atoms with Gasteiger partial charge in [0, 0.05) is 0 Å². The molecule has 1 fully saturated rings. The molecule has 0 amide bonds. The van der Waals surface area contributed by atoms with Crippen molar-refractivity contribution in [2.24, 2.45) is 5.73 Å². The molecule has 0 aliphatic carbocycles. The molecule has 4 heteroatoms. The topological polar surface area (TPSA) is 73.0 Å². The Hall–Kier alpha value is 0.170. The van der Waals surface area contributed by atoms with E-state index in [2.05, 4.69) is 5.32 Å². The van der Waals surface area contributed by atoms with Gasteiger partial charge in [-0.2, -0.15) is 0 Å². The molecule has 1 saturated heterocycles. The van der Waals surface area contributed by atoms with Crippen molar-refractivity contribution in [3.8, 4) is 0 Å². The third kappa shape index (κ3) is 3.01. The summed E-state index contributed by atoms with van der Waals surface area (Å²) >= 11 is 5.81. The van der Waals surface area contributed by atoms with Gasteiger partial charge in [-0.25, -0.2) is 0 Å². The first-order valence-electron chi connectivity index (χ1n) is 2.89. The van der Waals surface area contributed by atoms with Gasteiger partial charge in [-0.1, -0.05) is 0 Å². The van der Waals surface area contributed by atoms with Crippen LogP contribution < -0.4 is 17.2 Å². The van der Waals surface area contributed by atoms with Gasteiger partial charge in [-0.3, -0.25) is 0 Å². The molecule has 0 aromatic carbocycles. The number of hydrogen-bond acceptors (Lipinski definition) is 3. The summed E-state index contributed by atoms with van der Waals surface area (Å²) in [6, 6.07) is 0. The normalized spacial score (nSPS) is 24.7. The van der Waals surface area contributed by atoms with Crippen LogP contribution >= 0.6 is 11.6 Å². The Kier molecular flexibility index (Phi) is 3.43. The number of alkyl halides is 1. The predicted molar refractivity (Wildman–Crippen MR) is 39.9 cm³/mol. The molecular formula is C5H14ClN3. The van der Waals surface area contributed by atoms with Crippen LogP contribution in [0.2, 0.25) is 0 Å². The zero-order valence-electron chi connectivity index (χ0n) is 5.49. The molecule has 1 heterocycles. The summed E-state index contributed by atoms with van der Waals surface area (Å²) in [4.78, 5) is -0.411. The summed E-state index contributed by atoms with van der Waals surface area (Å²) in [6.45, 7) is 1.92. The van der Waals surface area contributed by atoms with Crippen molar-refractivity contribution in [1.29, 1.82) is 0 Å². The summed E-state index contributed by atoms with van der Waals surface area (Å²) in [6.07, 6.45) is 1.77. The highest BCUT2D eigenvalue weighted by Crippen LogP contribution is 2.18. The van der Waals surface area contributed by atoms with Crippen molar-refractivity contribution in [1.82, 2.24) is 11.5 Å². The van der Waals surface area contributed by atoms with E-state index in [4.69, 9.17) is 17.3 Å². The van der Waals surface area contributed by atoms with Crippen molar-refractivity contribution < 1.29 is 0 Å². The smallest absolute Gasteiger partial charge is 0.0935 e. The van der Waals surface area contributed by atoms with Crippen LogP contribution in [0.5, 0.6) is 0 Å². The summed E-state index contributed by atoms with van der Waals surface area (Å²) in [5.74, 6) is 0. The molecule has 0 spiro atoms.